The van der Waals surface area contributed by atoms with Gasteiger partial charge in [0.2, 0.25) is 0 Å². The molecule has 0 saturated carbocycles. The molecule has 1 heterocycles. The lowest BCUT2D eigenvalue weighted by atomic mass is 9.93. The van der Waals surface area contributed by atoms with Gasteiger partial charge in [-0.15, -0.1) is 0 Å². The van der Waals surface area contributed by atoms with Crippen LogP contribution in [0.3, 0.4) is 0 Å². The summed E-state index contributed by atoms with van der Waals surface area (Å²) >= 11 is 3.28. The van der Waals surface area contributed by atoms with Gasteiger partial charge in [0.05, 0.1) is 16.6 Å². The Bertz CT molecular complexity index is 416. The summed E-state index contributed by atoms with van der Waals surface area (Å²) in [5.41, 5.74) is 3.70. The third-order valence-corrected chi connectivity index (χ3v) is 4.41. The van der Waals surface area contributed by atoms with E-state index in [1.54, 1.807) is 6.07 Å². The summed E-state index contributed by atoms with van der Waals surface area (Å²) in [7, 11) is 0. The molecule has 0 bridgehead atoms. The number of ether oxygens (including phenoxy) is 1. The molecule has 2 rings (SSSR count). The molecule has 3 N–H and O–H groups in total. The fourth-order valence-corrected chi connectivity index (χ4v) is 2.87. The Morgan fingerprint density at radius 3 is 3.00 bits per heavy atom. The third-order valence-electron chi connectivity index (χ3n) is 3.53. The van der Waals surface area contributed by atoms with Crippen molar-refractivity contribution < 1.29 is 9.13 Å². The van der Waals surface area contributed by atoms with Gasteiger partial charge < -0.3 is 4.74 Å². The second kappa shape index (κ2) is 6.10. The maximum absolute atomic E-state index is 13.5. The maximum atomic E-state index is 13.5. The van der Waals surface area contributed by atoms with Crippen LogP contribution in [0.25, 0.3) is 0 Å². The highest BCUT2D eigenvalue weighted by molar-refractivity contribution is 9.10. The van der Waals surface area contributed by atoms with Crippen LogP contribution in [0.4, 0.5) is 4.39 Å². The van der Waals surface area contributed by atoms with Gasteiger partial charge in [-0.1, -0.05) is 19.1 Å². The van der Waals surface area contributed by atoms with Crippen LogP contribution in [0.2, 0.25) is 0 Å². The van der Waals surface area contributed by atoms with Crippen molar-refractivity contribution in [3.8, 4) is 0 Å². The zero-order chi connectivity index (χ0) is 13.1. The molecule has 3 atom stereocenters. The van der Waals surface area contributed by atoms with Gasteiger partial charge in [-0.3, -0.25) is 11.3 Å². The SMILES string of the molecule is CC1CCOC1C(Cc1cccc(F)c1Br)NN. The first-order valence-electron chi connectivity index (χ1n) is 6.14. The molecule has 1 aliphatic heterocycles. The van der Waals surface area contributed by atoms with Crippen LogP contribution in [0.15, 0.2) is 22.7 Å². The number of nitrogens with two attached hydrogens (primary N) is 1. The van der Waals surface area contributed by atoms with E-state index in [9.17, 15) is 4.39 Å². The van der Waals surface area contributed by atoms with Crippen molar-refractivity contribution in [2.75, 3.05) is 6.61 Å². The van der Waals surface area contributed by atoms with Crippen LogP contribution < -0.4 is 11.3 Å². The van der Waals surface area contributed by atoms with Gasteiger partial charge in [0.25, 0.3) is 0 Å². The lowest BCUT2D eigenvalue weighted by Crippen LogP contribution is -2.47. The summed E-state index contributed by atoms with van der Waals surface area (Å²) < 4.78 is 19.7. The Labute approximate surface area is 115 Å². The summed E-state index contributed by atoms with van der Waals surface area (Å²) in [6.45, 7) is 2.93. The number of halogens is 2. The summed E-state index contributed by atoms with van der Waals surface area (Å²) in [6, 6.07) is 5.05. The molecule has 1 aromatic rings. The van der Waals surface area contributed by atoms with E-state index in [0.29, 0.717) is 16.8 Å². The van der Waals surface area contributed by atoms with Crippen LogP contribution >= 0.6 is 15.9 Å². The van der Waals surface area contributed by atoms with Gasteiger partial charge in [0, 0.05) is 6.61 Å². The Hall–Kier alpha value is -0.490. The number of rotatable bonds is 4. The highest BCUT2D eigenvalue weighted by Gasteiger charge is 2.31. The number of hydrogen-bond donors (Lipinski definition) is 2. The Kier molecular flexibility index (Phi) is 4.72. The first-order valence-corrected chi connectivity index (χ1v) is 6.93. The molecule has 3 nitrogen and oxygen atoms in total. The number of nitrogens with one attached hydrogen (secondary N) is 1. The highest BCUT2D eigenvalue weighted by Crippen LogP contribution is 2.27. The first kappa shape index (κ1) is 13.9. The molecule has 5 heteroatoms. The van der Waals surface area contributed by atoms with Crippen LogP contribution in [0, 0.1) is 11.7 Å². The van der Waals surface area contributed by atoms with Crippen molar-refractivity contribution in [2.24, 2.45) is 11.8 Å². The predicted molar refractivity (Wildman–Crippen MR) is 72.4 cm³/mol. The molecule has 0 aromatic heterocycles. The molecule has 0 aliphatic carbocycles. The molecular formula is C13H18BrFN2O. The Morgan fingerprint density at radius 1 is 1.61 bits per heavy atom. The lowest BCUT2D eigenvalue weighted by molar-refractivity contribution is 0.0609. The predicted octanol–water partition coefficient (Wildman–Crippen LogP) is 2.39. The van der Waals surface area contributed by atoms with Crippen molar-refractivity contribution >= 4 is 15.9 Å². The standard InChI is InChI=1S/C13H18BrFN2O/c1-8-5-6-18-13(8)11(17-16)7-9-3-2-4-10(15)12(9)14/h2-4,8,11,13,17H,5-7,16H2,1H3. The van der Waals surface area contributed by atoms with Crippen LogP contribution in [0.1, 0.15) is 18.9 Å². The van der Waals surface area contributed by atoms with Crippen LogP contribution in [-0.2, 0) is 11.2 Å². The molecule has 1 aliphatic rings. The van der Waals surface area contributed by atoms with Gasteiger partial charge in [-0.25, -0.2) is 4.39 Å². The third kappa shape index (κ3) is 2.91. The topological polar surface area (TPSA) is 47.3 Å². The van der Waals surface area contributed by atoms with E-state index in [4.69, 9.17) is 10.6 Å². The second-order valence-corrected chi connectivity index (χ2v) is 5.58. The molecule has 1 aromatic carbocycles. The smallest absolute Gasteiger partial charge is 0.137 e. The number of hydrazine groups is 1. The van der Waals surface area contributed by atoms with E-state index in [2.05, 4.69) is 28.3 Å². The minimum Gasteiger partial charge on any atom is -0.376 e. The van der Waals surface area contributed by atoms with Crippen LogP contribution in [-0.4, -0.2) is 18.8 Å². The fourth-order valence-electron chi connectivity index (χ4n) is 2.44. The fraction of sp³-hybridized carbons (Fsp3) is 0.538. The Morgan fingerprint density at radius 2 is 2.39 bits per heavy atom. The molecule has 0 radical (unpaired) electrons. The van der Waals surface area contributed by atoms with Crippen molar-refractivity contribution in [1.82, 2.24) is 5.43 Å². The quantitative estimate of drug-likeness (QED) is 0.662. The minimum atomic E-state index is -0.247. The van der Waals surface area contributed by atoms with Crippen molar-refractivity contribution in [2.45, 2.75) is 31.9 Å². The number of hydrogen-bond acceptors (Lipinski definition) is 3. The monoisotopic (exact) mass is 316 g/mol. The van der Waals surface area contributed by atoms with E-state index in [-0.39, 0.29) is 18.0 Å². The molecule has 18 heavy (non-hydrogen) atoms. The van der Waals surface area contributed by atoms with Crippen molar-refractivity contribution in [3.05, 3.63) is 34.1 Å². The first-order chi connectivity index (χ1) is 8.63. The summed E-state index contributed by atoms with van der Waals surface area (Å²) in [5, 5.41) is 0. The Balaban J connectivity index is 2.12. The number of benzene rings is 1. The molecule has 1 saturated heterocycles. The summed E-state index contributed by atoms with van der Waals surface area (Å²) in [4.78, 5) is 0. The minimum absolute atomic E-state index is 0.000556. The molecule has 3 unspecified atom stereocenters. The normalized spacial score (nSPS) is 25.3. The van der Waals surface area contributed by atoms with Gasteiger partial charge >= 0.3 is 0 Å². The maximum Gasteiger partial charge on any atom is 0.137 e. The average molecular weight is 317 g/mol. The zero-order valence-corrected chi connectivity index (χ0v) is 11.9. The molecule has 100 valence electrons. The van der Waals surface area contributed by atoms with Crippen molar-refractivity contribution in [1.29, 1.82) is 0 Å². The molecule has 0 amide bonds. The van der Waals surface area contributed by atoms with E-state index >= 15 is 0 Å². The summed E-state index contributed by atoms with van der Waals surface area (Å²) in [5.74, 6) is 5.84. The highest BCUT2D eigenvalue weighted by atomic mass is 79.9. The largest absolute Gasteiger partial charge is 0.376 e. The van der Waals surface area contributed by atoms with Gasteiger partial charge in [0.1, 0.15) is 5.82 Å². The molecule has 0 spiro atoms. The van der Waals surface area contributed by atoms with Crippen molar-refractivity contribution in [3.63, 3.8) is 0 Å². The summed E-state index contributed by atoms with van der Waals surface area (Å²) in [6.07, 6.45) is 1.78. The van der Waals surface area contributed by atoms with E-state index in [1.165, 1.54) is 6.07 Å². The van der Waals surface area contributed by atoms with E-state index < -0.39 is 0 Å². The van der Waals surface area contributed by atoms with Gasteiger partial charge in [-0.2, -0.15) is 0 Å². The molecule has 1 fully saturated rings. The second-order valence-electron chi connectivity index (χ2n) is 4.79. The average Bonchev–Trinajstić information content (AvgIpc) is 2.77. The zero-order valence-electron chi connectivity index (χ0n) is 10.3. The molecular weight excluding hydrogens is 299 g/mol. The van der Waals surface area contributed by atoms with Crippen LogP contribution in [0.5, 0.6) is 0 Å². The van der Waals surface area contributed by atoms with Gasteiger partial charge in [-0.05, 0) is 46.3 Å². The van der Waals surface area contributed by atoms with E-state index in [0.717, 1.165) is 18.6 Å². The van der Waals surface area contributed by atoms with E-state index in [1.807, 2.05) is 6.07 Å². The lowest BCUT2D eigenvalue weighted by Gasteiger charge is -2.25. The van der Waals surface area contributed by atoms with Gasteiger partial charge in [0.15, 0.2) is 0 Å².